The molecule has 0 N–H and O–H groups in total. The van der Waals surface area contributed by atoms with Gasteiger partial charge in [0, 0.05) is 5.57 Å². The van der Waals surface area contributed by atoms with E-state index in [1.807, 2.05) is 6.08 Å². The van der Waals surface area contributed by atoms with E-state index in [0.29, 0.717) is 11.1 Å². The van der Waals surface area contributed by atoms with Gasteiger partial charge in [-0.05, 0) is 12.8 Å². The molecule has 1 aliphatic rings. The third kappa shape index (κ3) is 1.22. The summed E-state index contributed by atoms with van der Waals surface area (Å²) in [5.74, 6) is 0.478. The summed E-state index contributed by atoms with van der Waals surface area (Å²) >= 11 is 5.86. The third-order valence-corrected chi connectivity index (χ3v) is 2.79. The van der Waals surface area contributed by atoms with Crippen molar-refractivity contribution >= 4 is 16.8 Å². The molecular weight excluding hydrogens is 170 g/mol. The summed E-state index contributed by atoms with van der Waals surface area (Å²) < 4.78 is 0. The van der Waals surface area contributed by atoms with Crippen molar-refractivity contribution < 1.29 is 0 Å². The lowest BCUT2D eigenvalue weighted by atomic mass is 9.78. The van der Waals surface area contributed by atoms with Crippen molar-refractivity contribution in [3.05, 3.63) is 24.3 Å². The highest BCUT2D eigenvalue weighted by Gasteiger charge is 2.41. The fraction of sp³-hybridized carbons (Fsp3) is 0.500. The summed E-state index contributed by atoms with van der Waals surface area (Å²) in [4.78, 5) is 4.32. The van der Waals surface area contributed by atoms with Crippen molar-refractivity contribution in [2.45, 2.75) is 26.3 Å². The number of rotatable bonds is 2. The molecule has 1 unspecified atom stereocenters. The van der Waals surface area contributed by atoms with E-state index in [1.54, 1.807) is 6.08 Å². The molecule has 0 radical (unpaired) electrons. The predicted octanol–water partition coefficient (Wildman–Crippen LogP) is 3.16. The Morgan fingerprint density at radius 3 is 2.50 bits per heavy atom. The molecule has 1 rings (SSSR count). The largest absolute Gasteiger partial charge is 0.261 e. The Labute approximate surface area is 78.8 Å². The molecule has 66 valence electrons. The predicted molar refractivity (Wildman–Crippen MR) is 54.8 cm³/mol. The molecule has 0 saturated carbocycles. The molecule has 1 atom stereocenters. The standard InChI is InChI=1S/C10H14ClN/c1-5-6-8-9(11)12-10(8,4)7(2)3/h5-7H,1H2,2-4H3/b8-6-. The Morgan fingerprint density at radius 1 is 1.58 bits per heavy atom. The van der Waals surface area contributed by atoms with Gasteiger partial charge in [-0.3, -0.25) is 4.99 Å². The van der Waals surface area contributed by atoms with E-state index < -0.39 is 0 Å². The second-order valence-corrected chi connectivity index (χ2v) is 3.88. The summed E-state index contributed by atoms with van der Waals surface area (Å²) in [7, 11) is 0. The normalized spacial score (nSPS) is 31.8. The second-order valence-electron chi connectivity index (χ2n) is 3.52. The summed E-state index contributed by atoms with van der Waals surface area (Å²) in [5, 5.41) is 0.631. The van der Waals surface area contributed by atoms with E-state index >= 15 is 0 Å². The third-order valence-electron chi connectivity index (χ3n) is 2.51. The van der Waals surface area contributed by atoms with E-state index in [1.165, 1.54) is 0 Å². The van der Waals surface area contributed by atoms with E-state index in [0.717, 1.165) is 5.57 Å². The van der Waals surface area contributed by atoms with Crippen LogP contribution in [0.1, 0.15) is 20.8 Å². The Balaban J connectivity index is 3.00. The average Bonchev–Trinajstić information content (AvgIpc) is 2.00. The first-order valence-electron chi connectivity index (χ1n) is 4.11. The minimum atomic E-state index is -0.0920. The molecule has 0 saturated heterocycles. The monoisotopic (exact) mass is 183 g/mol. The minimum absolute atomic E-state index is 0.0920. The van der Waals surface area contributed by atoms with E-state index in [2.05, 4.69) is 32.3 Å². The van der Waals surface area contributed by atoms with Crippen molar-refractivity contribution in [2.24, 2.45) is 10.9 Å². The molecule has 0 aromatic rings. The molecule has 0 bridgehead atoms. The number of nitrogens with zero attached hydrogens (tertiary/aromatic N) is 1. The SMILES string of the molecule is C=C/C=C1/C(Cl)=NC1(C)C(C)C. The molecule has 0 aliphatic carbocycles. The van der Waals surface area contributed by atoms with Crippen LogP contribution in [0.15, 0.2) is 29.3 Å². The van der Waals surface area contributed by atoms with Crippen LogP contribution in [0, 0.1) is 5.92 Å². The second kappa shape index (κ2) is 3.06. The van der Waals surface area contributed by atoms with Gasteiger partial charge in [-0.1, -0.05) is 44.2 Å². The number of aliphatic imine (C=N–C) groups is 1. The Kier molecular flexibility index (Phi) is 2.43. The van der Waals surface area contributed by atoms with Gasteiger partial charge in [-0.15, -0.1) is 0 Å². The topological polar surface area (TPSA) is 12.4 Å². The molecule has 0 amide bonds. The number of halogens is 1. The minimum Gasteiger partial charge on any atom is -0.261 e. The first-order chi connectivity index (χ1) is 5.52. The lowest BCUT2D eigenvalue weighted by Crippen LogP contribution is -2.42. The van der Waals surface area contributed by atoms with Gasteiger partial charge < -0.3 is 0 Å². The first-order valence-corrected chi connectivity index (χ1v) is 4.49. The molecular formula is C10H14ClN. The fourth-order valence-electron chi connectivity index (χ4n) is 1.28. The van der Waals surface area contributed by atoms with Crippen LogP contribution in [-0.4, -0.2) is 10.7 Å². The lowest BCUT2D eigenvalue weighted by molar-refractivity contribution is 0.392. The van der Waals surface area contributed by atoms with Crippen molar-refractivity contribution in [1.29, 1.82) is 0 Å². The van der Waals surface area contributed by atoms with Gasteiger partial charge in [-0.25, -0.2) is 0 Å². The fourth-order valence-corrected chi connectivity index (χ4v) is 1.71. The van der Waals surface area contributed by atoms with Gasteiger partial charge in [0.1, 0.15) is 5.17 Å². The van der Waals surface area contributed by atoms with Crippen LogP contribution in [0.2, 0.25) is 0 Å². The molecule has 12 heavy (non-hydrogen) atoms. The average molecular weight is 184 g/mol. The number of hydrogen-bond donors (Lipinski definition) is 0. The highest BCUT2D eigenvalue weighted by molar-refractivity contribution is 6.71. The van der Waals surface area contributed by atoms with Gasteiger partial charge in [-0.2, -0.15) is 0 Å². The van der Waals surface area contributed by atoms with Gasteiger partial charge >= 0.3 is 0 Å². The van der Waals surface area contributed by atoms with Crippen LogP contribution in [0.5, 0.6) is 0 Å². The van der Waals surface area contributed by atoms with E-state index in [-0.39, 0.29) is 5.54 Å². The van der Waals surface area contributed by atoms with Crippen molar-refractivity contribution in [2.75, 3.05) is 0 Å². The molecule has 1 aliphatic heterocycles. The van der Waals surface area contributed by atoms with Crippen LogP contribution in [0.3, 0.4) is 0 Å². The van der Waals surface area contributed by atoms with E-state index in [4.69, 9.17) is 11.6 Å². The quantitative estimate of drug-likeness (QED) is 0.624. The maximum absolute atomic E-state index is 5.86. The molecule has 1 nitrogen and oxygen atoms in total. The van der Waals surface area contributed by atoms with Crippen LogP contribution >= 0.6 is 11.6 Å². The maximum Gasteiger partial charge on any atom is 0.130 e. The van der Waals surface area contributed by atoms with Crippen LogP contribution in [-0.2, 0) is 0 Å². The Morgan fingerprint density at radius 2 is 2.17 bits per heavy atom. The highest BCUT2D eigenvalue weighted by Crippen LogP contribution is 2.40. The highest BCUT2D eigenvalue weighted by atomic mass is 35.5. The van der Waals surface area contributed by atoms with E-state index in [9.17, 15) is 0 Å². The molecule has 1 heterocycles. The molecule has 2 heteroatoms. The number of allylic oxidation sites excluding steroid dienone is 2. The van der Waals surface area contributed by atoms with Crippen molar-refractivity contribution in [1.82, 2.24) is 0 Å². The molecule has 0 aromatic heterocycles. The Bertz CT molecular complexity index is 263. The lowest BCUT2D eigenvalue weighted by Gasteiger charge is -2.39. The molecule has 0 fully saturated rings. The van der Waals surface area contributed by atoms with Crippen LogP contribution in [0.25, 0.3) is 0 Å². The summed E-state index contributed by atoms with van der Waals surface area (Å²) in [6.45, 7) is 10.0. The smallest absolute Gasteiger partial charge is 0.130 e. The zero-order valence-corrected chi connectivity index (χ0v) is 8.52. The van der Waals surface area contributed by atoms with Gasteiger partial charge in [0.15, 0.2) is 0 Å². The van der Waals surface area contributed by atoms with Crippen molar-refractivity contribution in [3.8, 4) is 0 Å². The summed E-state index contributed by atoms with van der Waals surface area (Å²) in [6.07, 6.45) is 3.70. The number of hydrogen-bond acceptors (Lipinski definition) is 1. The van der Waals surface area contributed by atoms with Gasteiger partial charge in [0.05, 0.1) is 5.54 Å². The zero-order chi connectivity index (χ0) is 9.35. The van der Waals surface area contributed by atoms with Gasteiger partial charge in [0.25, 0.3) is 0 Å². The van der Waals surface area contributed by atoms with Crippen LogP contribution in [0.4, 0.5) is 0 Å². The van der Waals surface area contributed by atoms with Crippen LogP contribution < -0.4 is 0 Å². The molecule has 0 aromatic carbocycles. The summed E-state index contributed by atoms with van der Waals surface area (Å²) in [6, 6.07) is 0. The van der Waals surface area contributed by atoms with Gasteiger partial charge in [0.2, 0.25) is 0 Å². The molecule has 0 spiro atoms. The zero-order valence-electron chi connectivity index (χ0n) is 7.76. The Hall–Kier alpha value is -0.560. The summed E-state index contributed by atoms with van der Waals surface area (Å²) in [5.41, 5.74) is 1.01. The van der Waals surface area contributed by atoms with Crippen molar-refractivity contribution in [3.63, 3.8) is 0 Å². The maximum atomic E-state index is 5.86. The first kappa shape index (κ1) is 9.53.